The molecule has 3 atom stereocenters. The largest absolute Gasteiger partial charge is 0.396 e. The van der Waals surface area contributed by atoms with E-state index in [0.29, 0.717) is 18.4 Å². The SMILES string of the molecule is O=c1[nH]c(=O)n(C2C[C@H](CO)[C@@H](O)C2)cc1-c1ccccc1. The third kappa shape index (κ3) is 2.63. The van der Waals surface area contributed by atoms with E-state index >= 15 is 0 Å². The maximum atomic E-state index is 12.1. The highest BCUT2D eigenvalue weighted by molar-refractivity contribution is 5.60. The second kappa shape index (κ2) is 5.90. The minimum atomic E-state index is -0.631. The van der Waals surface area contributed by atoms with Gasteiger partial charge in [-0.05, 0) is 18.4 Å². The minimum Gasteiger partial charge on any atom is -0.396 e. The number of aromatic nitrogens is 2. The first-order valence-corrected chi connectivity index (χ1v) is 7.30. The molecule has 1 aromatic heterocycles. The Balaban J connectivity index is 2.03. The molecule has 6 nitrogen and oxygen atoms in total. The van der Waals surface area contributed by atoms with Gasteiger partial charge in [0.15, 0.2) is 0 Å². The molecule has 2 aromatic rings. The van der Waals surface area contributed by atoms with Crippen molar-refractivity contribution in [3.8, 4) is 11.1 Å². The molecule has 0 aliphatic heterocycles. The molecule has 116 valence electrons. The summed E-state index contributed by atoms with van der Waals surface area (Å²) in [7, 11) is 0. The van der Waals surface area contributed by atoms with Gasteiger partial charge in [-0.15, -0.1) is 0 Å². The van der Waals surface area contributed by atoms with Crippen LogP contribution in [0.4, 0.5) is 0 Å². The van der Waals surface area contributed by atoms with Crippen LogP contribution in [-0.2, 0) is 0 Å². The number of H-pyrrole nitrogens is 1. The zero-order valence-electron chi connectivity index (χ0n) is 12.0. The summed E-state index contributed by atoms with van der Waals surface area (Å²) in [5, 5.41) is 19.1. The lowest BCUT2D eigenvalue weighted by atomic mass is 10.1. The molecule has 0 bridgehead atoms. The fourth-order valence-electron chi connectivity index (χ4n) is 3.08. The number of rotatable bonds is 3. The van der Waals surface area contributed by atoms with E-state index in [2.05, 4.69) is 4.98 Å². The third-order valence-electron chi connectivity index (χ3n) is 4.31. The van der Waals surface area contributed by atoms with E-state index in [1.165, 1.54) is 4.57 Å². The highest BCUT2D eigenvalue weighted by atomic mass is 16.3. The van der Waals surface area contributed by atoms with Gasteiger partial charge in [0.1, 0.15) is 0 Å². The van der Waals surface area contributed by atoms with Gasteiger partial charge in [-0.3, -0.25) is 14.3 Å². The maximum absolute atomic E-state index is 12.1. The molecule has 1 heterocycles. The molecule has 1 aliphatic carbocycles. The first-order chi connectivity index (χ1) is 10.6. The summed E-state index contributed by atoms with van der Waals surface area (Å²) in [6, 6.07) is 8.89. The summed E-state index contributed by atoms with van der Waals surface area (Å²) in [5.41, 5.74) is 0.238. The average Bonchev–Trinajstić information content (AvgIpc) is 2.89. The fraction of sp³-hybridized carbons (Fsp3) is 0.375. The molecule has 6 heteroatoms. The van der Waals surface area contributed by atoms with Crippen LogP contribution in [0.1, 0.15) is 18.9 Å². The summed E-state index contributed by atoms with van der Waals surface area (Å²) in [6.07, 6.45) is 1.82. The molecule has 0 saturated heterocycles. The third-order valence-corrected chi connectivity index (χ3v) is 4.31. The number of nitrogens with zero attached hydrogens (tertiary/aromatic N) is 1. The number of aliphatic hydroxyl groups excluding tert-OH is 2. The number of aromatic amines is 1. The van der Waals surface area contributed by atoms with Gasteiger partial charge in [-0.2, -0.15) is 0 Å². The summed E-state index contributed by atoms with van der Waals surface area (Å²) in [5.74, 6) is -0.232. The summed E-state index contributed by atoms with van der Waals surface area (Å²) in [6.45, 7) is -0.110. The minimum absolute atomic E-state index is 0.110. The van der Waals surface area contributed by atoms with Crippen molar-refractivity contribution in [3.63, 3.8) is 0 Å². The van der Waals surface area contributed by atoms with Crippen LogP contribution in [0, 0.1) is 5.92 Å². The predicted molar refractivity (Wildman–Crippen MR) is 81.6 cm³/mol. The number of benzene rings is 1. The number of hydrogen-bond acceptors (Lipinski definition) is 4. The van der Waals surface area contributed by atoms with Crippen LogP contribution in [0.5, 0.6) is 0 Å². The van der Waals surface area contributed by atoms with Crippen molar-refractivity contribution >= 4 is 0 Å². The van der Waals surface area contributed by atoms with Gasteiger partial charge in [-0.1, -0.05) is 30.3 Å². The van der Waals surface area contributed by atoms with E-state index < -0.39 is 17.4 Å². The molecule has 0 spiro atoms. The van der Waals surface area contributed by atoms with E-state index in [1.807, 2.05) is 18.2 Å². The van der Waals surface area contributed by atoms with Crippen molar-refractivity contribution in [2.75, 3.05) is 6.61 Å². The smallest absolute Gasteiger partial charge is 0.328 e. The molecule has 1 fully saturated rings. The second-order valence-electron chi connectivity index (χ2n) is 5.71. The number of hydrogen-bond donors (Lipinski definition) is 3. The highest BCUT2D eigenvalue weighted by Gasteiger charge is 2.34. The van der Waals surface area contributed by atoms with Crippen molar-refractivity contribution in [3.05, 3.63) is 57.4 Å². The van der Waals surface area contributed by atoms with Crippen LogP contribution in [0.25, 0.3) is 11.1 Å². The van der Waals surface area contributed by atoms with Crippen LogP contribution in [0.15, 0.2) is 46.1 Å². The topological polar surface area (TPSA) is 95.3 Å². The van der Waals surface area contributed by atoms with Crippen LogP contribution >= 0.6 is 0 Å². The first-order valence-electron chi connectivity index (χ1n) is 7.30. The molecule has 3 N–H and O–H groups in total. The van der Waals surface area contributed by atoms with Gasteiger partial charge >= 0.3 is 5.69 Å². The lowest BCUT2D eigenvalue weighted by Crippen LogP contribution is -2.32. The Morgan fingerprint density at radius 3 is 2.55 bits per heavy atom. The summed E-state index contributed by atoms with van der Waals surface area (Å²) in [4.78, 5) is 26.4. The van der Waals surface area contributed by atoms with E-state index in [1.54, 1.807) is 18.3 Å². The van der Waals surface area contributed by atoms with Crippen molar-refractivity contribution in [2.24, 2.45) is 5.92 Å². The Morgan fingerprint density at radius 2 is 1.91 bits per heavy atom. The molecular weight excluding hydrogens is 284 g/mol. The van der Waals surface area contributed by atoms with Gasteiger partial charge in [0.25, 0.3) is 5.56 Å². The molecular formula is C16H18N2O4. The normalized spacial score (nSPS) is 24.5. The Bertz CT molecular complexity index is 766. The maximum Gasteiger partial charge on any atom is 0.328 e. The predicted octanol–water partition coefficient (Wildman–Crippen LogP) is 0.508. The Hall–Kier alpha value is -2.18. The van der Waals surface area contributed by atoms with Crippen LogP contribution in [0.2, 0.25) is 0 Å². The van der Waals surface area contributed by atoms with E-state index in [9.17, 15) is 19.8 Å². The van der Waals surface area contributed by atoms with Crippen molar-refractivity contribution in [1.82, 2.24) is 9.55 Å². The van der Waals surface area contributed by atoms with Crippen LogP contribution < -0.4 is 11.2 Å². The molecule has 0 amide bonds. The lowest BCUT2D eigenvalue weighted by Gasteiger charge is -2.14. The van der Waals surface area contributed by atoms with Gasteiger partial charge in [-0.25, -0.2) is 4.79 Å². The molecule has 1 aliphatic rings. The molecule has 22 heavy (non-hydrogen) atoms. The van der Waals surface area contributed by atoms with Crippen molar-refractivity contribution < 1.29 is 10.2 Å². The average molecular weight is 302 g/mol. The van der Waals surface area contributed by atoms with Gasteiger partial charge < -0.3 is 10.2 Å². The summed E-state index contributed by atoms with van der Waals surface area (Å²) < 4.78 is 1.46. The van der Waals surface area contributed by atoms with Crippen molar-refractivity contribution in [2.45, 2.75) is 25.0 Å². The number of aliphatic hydroxyl groups is 2. The zero-order chi connectivity index (χ0) is 15.7. The summed E-state index contributed by atoms with van der Waals surface area (Å²) >= 11 is 0. The fourth-order valence-corrected chi connectivity index (χ4v) is 3.08. The van der Waals surface area contributed by atoms with Crippen LogP contribution in [-0.4, -0.2) is 32.5 Å². The van der Waals surface area contributed by atoms with Gasteiger partial charge in [0, 0.05) is 24.8 Å². The lowest BCUT2D eigenvalue weighted by molar-refractivity contribution is 0.0906. The van der Waals surface area contributed by atoms with Gasteiger partial charge in [0.05, 0.1) is 11.7 Å². The molecule has 1 saturated carbocycles. The van der Waals surface area contributed by atoms with E-state index in [4.69, 9.17) is 0 Å². The Morgan fingerprint density at radius 1 is 1.18 bits per heavy atom. The molecule has 1 unspecified atom stereocenters. The van der Waals surface area contributed by atoms with E-state index in [-0.39, 0.29) is 18.6 Å². The van der Waals surface area contributed by atoms with Gasteiger partial charge in [0.2, 0.25) is 0 Å². The zero-order valence-corrected chi connectivity index (χ0v) is 12.0. The monoisotopic (exact) mass is 302 g/mol. The van der Waals surface area contributed by atoms with Crippen molar-refractivity contribution in [1.29, 1.82) is 0 Å². The second-order valence-corrected chi connectivity index (χ2v) is 5.71. The van der Waals surface area contributed by atoms with Crippen LogP contribution in [0.3, 0.4) is 0 Å². The Labute approximate surface area is 126 Å². The molecule has 3 rings (SSSR count). The number of nitrogens with one attached hydrogen (secondary N) is 1. The standard InChI is InChI=1S/C16H18N2O4/c19-9-11-6-12(7-14(11)20)18-8-13(15(21)17-16(18)22)10-4-2-1-3-5-10/h1-5,8,11-12,14,19-20H,6-7,9H2,(H,17,21,22)/t11-,12?,14+/m1/s1. The van der Waals surface area contributed by atoms with E-state index in [0.717, 1.165) is 5.56 Å². The molecule has 0 radical (unpaired) electrons. The molecule has 1 aromatic carbocycles. The quantitative estimate of drug-likeness (QED) is 0.770. The highest BCUT2D eigenvalue weighted by Crippen LogP contribution is 2.34. The Kier molecular flexibility index (Phi) is 3.96. The first kappa shape index (κ1) is 14.7.